The molecule has 0 fully saturated rings. The Morgan fingerprint density at radius 1 is 1.62 bits per heavy atom. The molecule has 0 saturated carbocycles. The summed E-state index contributed by atoms with van der Waals surface area (Å²) in [7, 11) is 0. The lowest BCUT2D eigenvalue weighted by molar-refractivity contribution is 0.0963. The largest absolute Gasteiger partial charge is 0.273 e. The van der Waals surface area contributed by atoms with Crippen LogP contribution in [0.25, 0.3) is 0 Å². The number of carbonyl (C=O) groups is 1. The summed E-state index contributed by atoms with van der Waals surface area (Å²) < 4.78 is 1.50. The highest BCUT2D eigenvalue weighted by Crippen LogP contribution is 2.10. The van der Waals surface area contributed by atoms with E-state index in [0.717, 1.165) is 10.6 Å². The first-order valence-electron chi connectivity index (χ1n) is 3.86. The van der Waals surface area contributed by atoms with Crippen LogP contribution in [0.5, 0.6) is 0 Å². The Morgan fingerprint density at radius 3 is 3.00 bits per heavy atom. The third-order valence-electron chi connectivity index (χ3n) is 1.68. The van der Waals surface area contributed by atoms with Gasteiger partial charge in [0.1, 0.15) is 6.33 Å². The quantitative estimate of drug-likeness (QED) is 0.692. The summed E-state index contributed by atoms with van der Waals surface area (Å²) in [5.74, 6) is -0.0180. The van der Waals surface area contributed by atoms with Gasteiger partial charge in [0.05, 0.1) is 10.6 Å². The molecule has 0 saturated heterocycles. The van der Waals surface area contributed by atoms with Gasteiger partial charge in [0.15, 0.2) is 0 Å². The zero-order valence-electron chi connectivity index (χ0n) is 7.10. The zero-order valence-corrected chi connectivity index (χ0v) is 7.91. The normalized spacial score (nSPS) is 10.2. The third-order valence-corrected chi connectivity index (χ3v) is 2.54. The maximum Gasteiger partial charge on any atom is 0.273 e. The lowest BCUT2D eigenvalue weighted by atomic mass is 10.4. The van der Waals surface area contributed by atoms with E-state index in [1.165, 1.54) is 22.2 Å². The van der Waals surface area contributed by atoms with Gasteiger partial charge in [-0.2, -0.15) is 0 Å². The smallest absolute Gasteiger partial charge is 0.271 e. The van der Waals surface area contributed by atoms with E-state index in [2.05, 4.69) is 4.98 Å². The maximum absolute atomic E-state index is 11.7. The van der Waals surface area contributed by atoms with Crippen molar-refractivity contribution < 1.29 is 4.79 Å². The minimum absolute atomic E-state index is 0.0180. The minimum atomic E-state index is -0.0180. The number of rotatable bonds is 1. The van der Waals surface area contributed by atoms with Crippen molar-refractivity contribution >= 4 is 17.2 Å². The van der Waals surface area contributed by atoms with Crippen LogP contribution in [0.3, 0.4) is 0 Å². The van der Waals surface area contributed by atoms with Gasteiger partial charge < -0.3 is 0 Å². The van der Waals surface area contributed by atoms with E-state index in [9.17, 15) is 4.79 Å². The predicted molar refractivity (Wildman–Crippen MR) is 51.0 cm³/mol. The first-order valence-corrected chi connectivity index (χ1v) is 4.74. The molecule has 2 aromatic heterocycles. The van der Waals surface area contributed by atoms with Crippen molar-refractivity contribution in [1.29, 1.82) is 0 Å². The number of hydrogen-bond donors (Lipinski definition) is 0. The van der Waals surface area contributed by atoms with Gasteiger partial charge >= 0.3 is 0 Å². The Hall–Kier alpha value is -1.42. The average Bonchev–Trinajstić information content (AvgIpc) is 2.72. The van der Waals surface area contributed by atoms with Crippen LogP contribution in [0.1, 0.15) is 15.4 Å². The summed E-state index contributed by atoms with van der Waals surface area (Å²) in [5.41, 5.74) is 0.852. The second-order valence-electron chi connectivity index (χ2n) is 2.70. The van der Waals surface area contributed by atoms with Gasteiger partial charge in [-0.25, -0.2) is 4.98 Å². The fraction of sp³-hybridized carbons (Fsp3) is 0.111. The van der Waals surface area contributed by atoms with Gasteiger partial charge in [-0.15, -0.1) is 11.3 Å². The van der Waals surface area contributed by atoms with Crippen molar-refractivity contribution in [3.63, 3.8) is 0 Å². The van der Waals surface area contributed by atoms with Crippen molar-refractivity contribution in [2.24, 2.45) is 0 Å². The second kappa shape index (κ2) is 3.14. The van der Waals surface area contributed by atoms with Crippen LogP contribution < -0.4 is 0 Å². The molecule has 2 aromatic rings. The van der Waals surface area contributed by atoms with Gasteiger partial charge in [-0.05, 0) is 18.4 Å². The molecule has 2 heterocycles. The highest BCUT2D eigenvalue weighted by molar-refractivity contribution is 7.12. The molecule has 13 heavy (non-hydrogen) atoms. The number of nitrogens with zero attached hydrogens (tertiary/aromatic N) is 2. The molecular formula is C9H8N2OS. The summed E-state index contributed by atoms with van der Waals surface area (Å²) in [6, 6.07) is 3.67. The van der Waals surface area contributed by atoms with Crippen LogP contribution in [0, 0.1) is 6.92 Å². The second-order valence-corrected chi connectivity index (χ2v) is 3.65. The van der Waals surface area contributed by atoms with Gasteiger partial charge in [0, 0.05) is 6.20 Å². The Bertz CT molecular complexity index is 417. The molecule has 0 aromatic carbocycles. The number of aryl methyl sites for hydroxylation is 1. The van der Waals surface area contributed by atoms with Crippen molar-refractivity contribution in [2.75, 3.05) is 0 Å². The molecule has 0 spiro atoms. The number of hydrogen-bond acceptors (Lipinski definition) is 3. The molecule has 2 rings (SSSR count). The number of thiophene rings is 1. The van der Waals surface area contributed by atoms with Crippen LogP contribution in [0.2, 0.25) is 0 Å². The Labute approximate surface area is 79.7 Å². The molecular weight excluding hydrogens is 184 g/mol. The summed E-state index contributed by atoms with van der Waals surface area (Å²) in [6.07, 6.45) is 3.26. The average molecular weight is 192 g/mol. The van der Waals surface area contributed by atoms with E-state index >= 15 is 0 Å². The summed E-state index contributed by atoms with van der Waals surface area (Å²) in [4.78, 5) is 16.4. The van der Waals surface area contributed by atoms with Crippen molar-refractivity contribution in [3.8, 4) is 0 Å². The maximum atomic E-state index is 11.7. The highest BCUT2D eigenvalue weighted by atomic mass is 32.1. The van der Waals surface area contributed by atoms with Crippen molar-refractivity contribution in [3.05, 3.63) is 40.6 Å². The summed E-state index contributed by atoms with van der Waals surface area (Å²) >= 11 is 1.44. The highest BCUT2D eigenvalue weighted by Gasteiger charge is 2.08. The van der Waals surface area contributed by atoms with Gasteiger partial charge in [-0.3, -0.25) is 9.36 Å². The van der Waals surface area contributed by atoms with Crippen LogP contribution in [-0.4, -0.2) is 15.5 Å². The first-order chi connectivity index (χ1) is 6.27. The van der Waals surface area contributed by atoms with Crippen LogP contribution in [0.4, 0.5) is 0 Å². The third kappa shape index (κ3) is 1.53. The summed E-state index contributed by atoms with van der Waals surface area (Å²) in [6.45, 7) is 1.86. The number of carbonyl (C=O) groups excluding carboxylic acids is 1. The topological polar surface area (TPSA) is 34.9 Å². The zero-order chi connectivity index (χ0) is 9.26. The monoisotopic (exact) mass is 192 g/mol. The van der Waals surface area contributed by atoms with E-state index in [4.69, 9.17) is 0 Å². The van der Waals surface area contributed by atoms with E-state index in [1.54, 1.807) is 6.20 Å². The molecule has 0 atom stereocenters. The standard InChI is InChI=1S/C9H8N2OS/c1-7-5-11(6-10-7)9(12)8-3-2-4-13-8/h2-6H,1H3. The van der Waals surface area contributed by atoms with E-state index < -0.39 is 0 Å². The molecule has 0 N–H and O–H groups in total. The Balaban J connectivity index is 2.33. The number of aromatic nitrogens is 2. The van der Waals surface area contributed by atoms with Crippen molar-refractivity contribution in [1.82, 2.24) is 9.55 Å². The van der Waals surface area contributed by atoms with Gasteiger partial charge in [0.25, 0.3) is 5.91 Å². The van der Waals surface area contributed by atoms with Gasteiger partial charge in [-0.1, -0.05) is 6.07 Å². The SMILES string of the molecule is Cc1cn(C(=O)c2cccs2)cn1. The summed E-state index contributed by atoms with van der Waals surface area (Å²) in [5, 5.41) is 1.89. The molecule has 0 radical (unpaired) electrons. The van der Waals surface area contributed by atoms with Crippen LogP contribution >= 0.6 is 11.3 Å². The van der Waals surface area contributed by atoms with Gasteiger partial charge in [0.2, 0.25) is 0 Å². The first kappa shape index (κ1) is 8.19. The molecule has 66 valence electrons. The van der Waals surface area contributed by atoms with Crippen LogP contribution in [0.15, 0.2) is 30.0 Å². The molecule has 0 unspecified atom stereocenters. The molecule has 4 heteroatoms. The molecule has 0 aliphatic heterocycles. The number of imidazole rings is 1. The minimum Gasteiger partial charge on any atom is -0.271 e. The lowest BCUT2D eigenvalue weighted by Crippen LogP contribution is -2.07. The van der Waals surface area contributed by atoms with E-state index in [1.807, 2.05) is 24.4 Å². The van der Waals surface area contributed by atoms with E-state index in [-0.39, 0.29) is 5.91 Å². The molecule has 0 aliphatic carbocycles. The Morgan fingerprint density at radius 2 is 2.46 bits per heavy atom. The van der Waals surface area contributed by atoms with Crippen molar-refractivity contribution in [2.45, 2.75) is 6.92 Å². The molecule has 3 nitrogen and oxygen atoms in total. The fourth-order valence-corrected chi connectivity index (χ4v) is 1.73. The lowest BCUT2D eigenvalue weighted by Gasteiger charge is -1.95. The fourth-order valence-electron chi connectivity index (χ4n) is 1.06. The molecule has 0 aliphatic rings. The van der Waals surface area contributed by atoms with Crippen LogP contribution in [-0.2, 0) is 0 Å². The molecule has 0 amide bonds. The Kier molecular flexibility index (Phi) is 1.98. The molecule has 0 bridgehead atoms. The van der Waals surface area contributed by atoms with E-state index in [0.29, 0.717) is 0 Å². The predicted octanol–water partition coefficient (Wildman–Crippen LogP) is 1.94.